The second-order valence-corrected chi connectivity index (χ2v) is 6.87. The van der Waals surface area contributed by atoms with E-state index in [2.05, 4.69) is 43.0 Å². The van der Waals surface area contributed by atoms with Crippen LogP contribution >= 0.6 is 23.1 Å². The maximum absolute atomic E-state index is 4.21. The van der Waals surface area contributed by atoms with Gasteiger partial charge in [-0.2, -0.15) is 0 Å². The third-order valence-electron chi connectivity index (χ3n) is 3.52. The van der Waals surface area contributed by atoms with Crippen LogP contribution in [0.3, 0.4) is 0 Å². The van der Waals surface area contributed by atoms with Crippen molar-refractivity contribution in [1.29, 1.82) is 0 Å². The van der Waals surface area contributed by atoms with Crippen molar-refractivity contribution in [3.63, 3.8) is 0 Å². The van der Waals surface area contributed by atoms with Crippen molar-refractivity contribution in [2.45, 2.75) is 11.3 Å². The van der Waals surface area contributed by atoms with E-state index in [-0.39, 0.29) is 0 Å². The molecule has 0 N–H and O–H groups in total. The molecule has 0 bridgehead atoms. The van der Waals surface area contributed by atoms with Crippen LogP contribution in [0.25, 0.3) is 25.7 Å². The second-order valence-electron chi connectivity index (χ2n) is 4.64. The zero-order valence-corrected chi connectivity index (χ0v) is 11.5. The third kappa shape index (κ3) is 1.46. The van der Waals surface area contributed by atoms with Crippen LogP contribution < -0.4 is 0 Å². The van der Waals surface area contributed by atoms with Crippen LogP contribution in [0, 0.1) is 0 Å². The Hall–Kier alpha value is -1.25. The van der Waals surface area contributed by atoms with Gasteiger partial charge in [-0.15, -0.1) is 23.1 Å². The lowest BCUT2D eigenvalue weighted by molar-refractivity contribution is 1.20. The minimum Gasteiger partial charge on any atom is -0.135 e. The smallest absolute Gasteiger partial charge is 0.0362 e. The molecule has 0 spiro atoms. The molecular weight excluding hydrogens is 256 g/mol. The van der Waals surface area contributed by atoms with Crippen molar-refractivity contribution in [1.82, 2.24) is 0 Å². The molecule has 88 valence electrons. The summed E-state index contributed by atoms with van der Waals surface area (Å²) in [5, 5.41) is 2.79. The van der Waals surface area contributed by atoms with Gasteiger partial charge in [-0.05, 0) is 35.8 Å². The normalized spacial score (nSPS) is 15.2. The Morgan fingerprint density at radius 3 is 2.83 bits per heavy atom. The van der Waals surface area contributed by atoms with Crippen LogP contribution in [0.15, 0.2) is 47.9 Å². The van der Waals surface area contributed by atoms with Crippen LogP contribution in [0.5, 0.6) is 0 Å². The van der Waals surface area contributed by atoms with E-state index in [4.69, 9.17) is 0 Å². The van der Waals surface area contributed by atoms with Crippen LogP contribution in [0.4, 0.5) is 0 Å². The van der Waals surface area contributed by atoms with Gasteiger partial charge in [-0.25, -0.2) is 0 Å². The number of thiophene rings is 1. The summed E-state index contributed by atoms with van der Waals surface area (Å²) in [6.07, 6.45) is 1.12. The van der Waals surface area contributed by atoms with Gasteiger partial charge in [0, 0.05) is 30.8 Å². The topological polar surface area (TPSA) is 0 Å². The fraction of sp³-hybridized carbons (Fsp3) is 0.125. The number of thioether (sulfide) groups is 1. The molecule has 0 fully saturated rings. The van der Waals surface area contributed by atoms with Crippen molar-refractivity contribution in [2.24, 2.45) is 0 Å². The molecule has 1 aliphatic heterocycles. The summed E-state index contributed by atoms with van der Waals surface area (Å²) < 4.78 is 2.77. The van der Waals surface area contributed by atoms with Gasteiger partial charge in [0.05, 0.1) is 0 Å². The molecule has 3 aromatic rings. The van der Waals surface area contributed by atoms with E-state index in [9.17, 15) is 0 Å². The Balaban J connectivity index is 2.13. The minimum atomic E-state index is 1.12. The molecule has 0 amide bonds. The predicted molar refractivity (Wildman–Crippen MR) is 83.7 cm³/mol. The first-order valence-electron chi connectivity index (χ1n) is 6.09. The summed E-state index contributed by atoms with van der Waals surface area (Å²) >= 11 is 3.85. The van der Waals surface area contributed by atoms with E-state index in [0.717, 1.165) is 6.42 Å². The van der Waals surface area contributed by atoms with E-state index in [1.807, 2.05) is 23.1 Å². The Morgan fingerprint density at radius 2 is 1.89 bits per heavy atom. The number of fused-ring (bicyclic) bond motifs is 4. The van der Waals surface area contributed by atoms with Gasteiger partial charge in [0.15, 0.2) is 0 Å². The fourth-order valence-corrected chi connectivity index (χ4v) is 4.82. The van der Waals surface area contributed by atoms with Gasteiger partial charge in [-0.1, -0.05) is 24.8 Å². The van der Waals surface area contributed by atoms with Crippen LogP contribution in [-0.4, -0.2) is 5.75 Å². The second kappa shape index (κ2) is 3.87. The number of rotatable bonds is 0. The van der Waals surface area contributed by atoms with Crippen LogP contribution in [0.2, 0.25) is 0 Å². The first-order valence-corrected chi connectivity index (χ1v) is 7.89. The molecule has 0 aliphatic carbocycles. The van der Waals surface area contributed by atoms with E-state index in [0.29, 0.717) is 0 Å². The first-order chi connectivity index (χ1) is 8.83. The highest BCUT2D eigenvalue weighted by molar-refractivity contribution is 7.99. The van der Waals surface area contributed by atoms with Gasteiger partial charge >= 0.3 is 0 Å². The summed E-state index contributed by atoms with van der Waals surface area (Å²) in [5.41, 5.74) is 2.66. The lowest BCUT2D eigenvalue weighted by Gasteiger charge is -2.17. The Kier molecular flexibility index (Phi) is 2.29. The van der Waals surface area contributed by atoms with Gasteiger partial charge in [-0.3, -0.25) is 0 Å². The summed E-state index contributed by atoms with van der Waals surface area (Å²) in [6.45, 7) is 4.21. The van der Waals surface area contributed by atoms with Gasteiger partial charge in [0.2, 0.25) is 0 Å². The fourth-order valence-electron chi connectivity index (χ4n) is 2.57. The maximum atomic E-state index is 4.21. The molecule has 0 nitrogen and oxygen atoms in total. The highest BCUT2D eigenvalue weighted by Crippen LogP contribution is 2.42. The monoisotopic (exact) mass is 268 g/mol. The SMILES string of the molecule is C=C1CCSc2cc3c(cc21)sc1ccccc13. The van der Waals surface area contributed by atoms with E-state index in [1.165, 1.54) is 42.0 Å². The van der Waals surface area contributed by atoms with Crippen LogP contribution in [-0.2, 0) is 0 Å². The number of hydrogen-bond donors (Lipinski definition) is 0. The minimum absolute atomic E-state index is 1.12. The largest absolute Gasteiger partial charge is 0.135 e. The molecule has 0 atom stereocenters. The average molecular weight is 268 g/mol. The highest BCUT2D eigenvalue weighted by Gasteiger charge is 2.15. The summed E-state index contributed by atoms with van der Waals surface area (Å²) in [7, 11) is 0. The Morgan fingerprint density at radius 1 is 1.00 bits per heavy atom. The summed E-state index contributed by atoms with van der Waals surface area (Å²) in [4.78, 5) is 1.40. The van der Waals surface area contributed by atoms with Gasteiger partial charge < -0.3 is 0 Å². The molecule has 1 aromatic heterocycles. The van der Waals surface area contributed by atoms with Crippen molar-refractivity contribution in [2.75, 3.05) is 5.75 Å². The zero-order valence-electron chi connectivity index (χ0n) is 9.90. The number of hydrogen-bond acceptors (Lipinski definition) is 2. The zero-order chi connectivity index (χ0) is 12.1. The quantitative estimate of drug-likeness (QED) is 0.514. The summed E-state index contributed by atoms with van der Waals surface area (Å²) in [6, 6.07) is 13.4. The first kappa shape index (κ1) is 10.7. The highest BCUT2D eigenvalue weighted by atomic mass is 32.2. The summed E-state index contributed by atoms with van der Waals surface area (Å²) in [5.74, 6) is 1.17. The molecule has 2 heteroatoms. The maximum Gasteiger partial charge on any atom is 0.0362 e. The van der Waals surface area contributed by atoms with Gasteiger partial charge in [0.1, 0.15) is 0 Å². The third-order valence-corrected chi connectivity index (χ3v) is 5.71. The molecular formula is C16H12S2. The number of allylic oxidation sites excluding steroid dienone is 1. The molecule has 0 saturated heterocycles. The molecule has 0 unspecified atom stereocenters. The van der Waals surface area contributed by atoms with Gasteiger partial charge in [0.25, 0.3) is 0 Å². The molecule has 18 heavy (non-hydrogen) atoms. The molecule has 2 heterocycles. The van der Waals surface area contributed by atoms with Crippen molar-refractivity contribution in [3.05, 3.63) is 48.5 Å². The molecule has 2 aromatic carbocycles. The van der Waals surface area contributed by atoms with Crippen LogP contribution in [0.1, 0.15) is 12.0 Å². The van der Waals surface area contributed by atoms with Crippen molar-refractivity contribution in [3.8, 4) is 0 Å². The Bertz CT molecular complexity index is 780. The standard InChI is InChI=1S/C16H12S2/c1-10-6-7-17-15-9-13-11-4-2-3-5-14(11)18-16(13)8-12(10)15/h2-5,8-9H,1,6-7H2. The lowest BCUT2D eigenvalue weighted by atomic mass is 10.0. The van der Waals surface area contributed by atoms with E-state index >= 15 is 0 Å². The van der Waals surface area contributed by atoms with Crippen molar-refractivity contribution >= 4 is 48.8 Å². The van der Waals surface area contributed by atoms with Crippen molar-refractivity contribution < 1.29 is 0 Å². The molecule has 1 aliphatic rings. The van der Waals surface area contributed by atoms with E-state index < -0.39 is 0 Å². The lowest BCUT2D eigenvalue weighted by Crippen LogP contribution is -1.95. The van der Waals surface area contributed by atoms with E-state index in [1.54, 1.807) is 0 Å². The predicted octanol–water partition coefficient (Wildman–Crippen LogP) is 5.56. The Labute approximate surface area is 114 Å². The number of benzene rings is 2. The molecule has 4 rings (SSSR count). The molecule has 0 saturated carbocycles. The average Bonchev–Trinajstić information content (AvgIpc) is 2.75. The molecule has 0 radical (unpaired) electrons.